The summed E-state index contributed by atoms with van der Waals surface area (Å²) in [6.07, 6.45) is 7.13. The predicted octanol–water partition coefficient (Wildman–Crippen LogP) is 3.26. The molecule has 2 unspecified atom stereocenters. The van der Waals surface area contributed by atoms with Crippen LogP contribution in [0.5, 0.6) is 0 Å². The highest BCUT2D eigenvalue weighted by molar-refractivity contribution is 5.85. The second-order valence-corrected chi connectivity index (χ2v) is 9.19. The number of likely N-dealkylation sites (tertiary alicyclic amines) is 1. The Hall–Kier alpha value is -0.850. The maximum Gasteiger partial charge on any atom is 0.223 e. The molecule has 7 heteroatoms. The summed E-state index contributed by atoms with van der Waals surface area (Å²) in [4.78, 5) is 15.3. The number of nitrogens with zero attached hydrogens (tertiary/aromatic N) is 1. The lowest BCUT2D eigenvalue weighted by molar-refractivity contribution is -0.128. The number of amides is 1. The van der Waals surface area contributed by atoms with Gasteiger partial charge in [0, 0.05) is 38.1 Å². The molecule has 1 aliphatic heterocycles. The highest BCUT2D eigenvalue weighted by Gasteiger charge is 2.40. The lowest BCUT2D eigenvalue weighted by Gasteiger charge is -2.43. The Labute approximate surface area is 193 Å². The molecule has 4 N–H and O–H groups in total. The van der Waals surface area contributed by atoms with Crippen molar-refractivity contribution in [2.75, 3.05) is 13.1 Å². The summed E-state index contributed by atoms with van der Waals surface area (Å²) >= 11 is 0. The largest absolute Gasteiger partial charge is 0.393 e. The molecular weight excluding hydrogens is 421 g/mol. The first-order chi connectivity index (χ1) is 13.6. The number of benzene rings is 1. The molecule has 2 atom stereocenters. The van der Waals surface area contributed by atoms with Gasteiger partial charge in [-0.05, 0) is 61.5 Å². The summed E-state index contributed by atoms with van der Waals surface area (Å²) in [5.74, 6) is 1.40. The quantitative estimate of drug-likeness (QED) is 0.633. The van der Waals surface area contributed by atoms with E-state index in [9.17, 15) is 9.90 Å². The molecular formula is C23H37Cl2N3O2. The first-order valence-electron chi connectivity index (χ1n) is 11.1. The molecule has 1 aromatic rings. The minimum Gasteiger partial charge on any atom is -0.393 e. The second-order valence-electron chi connectivity index (χ2n) is 9.19. The zero-order valence-electron chi connectivity index (χ0n) is 17.7. The third-order valence-corrected chi connectivity index (χ3v) is 7.31. The Morgan fingerprint density at radius 1 is 1.03 bits per heavy atom. The van der Waals surface area contributed by atoms with Crippen LogP contribution in [0.15, 0.2) is 24.3 Å². The van der Waals surface area contributed by atoms with Gasteiger partial charge in [-0.15, -0.1) is 24.8 Å². The van der Waals surface area contributed by atoms with Gasteiger partial charge >= 0.3 is 0 Å². The number of piperidine rings is 1. The number of aliphatic hydroxyl groups excluding tert-OH is 1. The van der Waals surface area contributed by atoms with E-state index < -0.39 is 0 Å². The third-order valence-electron chi connectivity index (χ3n) is 7.31. The van der Waals surface area contributed by atoms with Gasteiger partial charge in [-0.1, -0.05) is 30.7 Å². The lowest BCUT2D eigenvalue weighted by Crippen LogP contribution is -2.49. The van der Waals surface area contributed by atoms with E-state index in [0.29, 0.717) is 24.4 Å². The number of nitrogens with one attached hydrogen (secondary N) is 1. The Morgan fingerprint density at radius 2 is 1.63 bits per heavy atom. The average Bonchev–Trinajstić information content (AvgIpc) is 2.68. The van der Waals surface area contributed by atoms with E-state index in [-0.39, 0.29) is 42.7 Å². The maximum absolute atomic E-state index is 12.9. The van der Waals surface area contributed by atoms with Crippen molar-refractivity contribution in [3.63, 3.8) is 0 Å². The van der Waals surface area contributed by atoms with Gasteiger partial charge in [-0.25, -0.2) is 0 Å². The Balaban J connectivity index is 0.00000160. The Kier molecular flexibility index (Phi) is 9.89. The first-order valence-corrected chi connectivity index (χ1v) is 11.1. The van der Waals surface area contributed by atoms with Crippen molar-refractivity contribution in [1.82, 2.24) is 10.2 Å². The summed E-state index contributed by atoms with van der Waals surface area (Å²) in [5, 5.41) is 12.9. The standard InChI is InChI=1S/C23H35N3O2.2ClH/c24-22-16-6-3-7-17(22)13-20(12-16)23(28)25-14-18-4-1-2-5-19(18)15-26-10-8-21(27)9-11-26;;/h1-2,4-5,16-17,20-22,27H,3,6-15,24H2,(H,25,28);2*1H. The Morgan fingerprint density at radius 3 is 2.27 bits per heavy atom. The van der Waals surface area contributed by atoms with Gasteiger partial charge < -0.3 is 16.2 Å². The van der Waals surface area contributed by atoms with Crippen LogP contribution in [-0.2, 0) is 17.9 Å². The van der Waals surface area contributed by atoms with Gasteiger partial charge in [0.1, 0.15) is 0 Å². The normalized spacial score (nSPS) is 29.4. The number of carbonyl (C=O) groups is 1. The minimum absolute atomic E-state index is 0. The van der Waals surface area contributed by atoms with Crippen molar-refractivity contribution in [1.29, 1.82) is 0 Å². The van der Waals surface area contributed by atoms with Gasteiger partial charge in [-0.2, -0.15) is 0 Å². The molecule has 1 saturated heterocycles. The van der Waals surface area contributed by atoms with E-state index in [1.54, 1.807) is 0 Å². The van der Waals surface area contributed by atoms with Crippen LogP contribution in [0.2, 0.25) is 0 Å². The van der Waals surface area contributed by atoms with Crippen LogP contribution >= 0.6 is 24.8 Å². The molecule has 5 nitrogen and oxygen atoms in total. The van der Waals surface area contributed by atoms with Crippen molar-refractivity contribution in [2.24, 2.45) is 23.5 Å². The second kappa shape index (κ2) is 11.7. The fourth-order valence-corrected chi connectivity index (χ4v) is 5.53. The van der Waals surface area contributed by atoms with Crippen LogP contribution in [0.1, 0.15) is 56.1 Å². The highest BCUT2D eigenvalue weighted by Crippen LogP contribution is 2.41. The van der Waals surface area contributed by atoms with E-state index >= 15 is 0 Å². The van der Waals surface area contributed by atoms with E-state index in [2.05, 4.69) is 34.5 Å². The zero-order valence-corrected chi connectivity index (χ0v) is 19.3. The molecule has 0 radical (unpaired) electrons. The van der Waals surface area contributed by atoms with Gasteiger partial charge in [0.2, 0.25) is 5.91 Å². The molecule has 1 aromatic carbocycles. The van der Waals surface area contributed by atoms with E-state index in [4.69, 9.17) is 5.73 Å². The van der Waals surface area contributed by atoms with E-state index in [1.165, 1.54) is 30.4 Å². The number of hydrogen-bond acceptors (Lipinski definition) is 4. The smallest absolute Gasteiger partial charge is 0.223 e. The van der Waals surface area contributed by atoms with Crippen LogP contribution < -0.4 is 11.1 Å². The van der Waals surface area contributed by atoms with Gasteiger partial charge in [-0.3, -0.25) is 9.69 Å². The minimum atomic E-state index is -0.145. The number of fused-ring (bicyclic) bond motifs is 2. The molecule has 2 saturated carbocycles. The topological polar surface area (TPSA) is 78.6 Å². The SMILES string of the molecule is Cl.Cl.NC1C2CCCC1CC(C(=O)NCc1ccccc1CN1CCC(O)CC1)C2. The van der Waals surface area contributed by atoms with Crippen molar-refractivity contribution in [2.45, 2.75) is 70.2 Å². The number of aliphatic hydroxyl groups is 1. The fourth-order valence-electron chi connectivity index (χ4n) is 5.53. The van der Waals surface area contributed by atoms with E-state index in [1.807, 2.05) is 0 Å². The highest BCUT2D eigenvalue weighted by atomic mass is 35.5. The number of hydrogen-bond donors (Lipinski definition) is 3. The molecule has 3 aliphatic rings. The maximum atomic E-state index is 12.9. The van der Waals surface area contributed by atoms with Crippen molar-refractivity contribution < 1.29 is 9.90 Å². The van der Waals surface area contributed by atoms with Crippen LogP contribution in [0.25, 0.3) is 0 Å². The van der Waals surface area contributed by atoms with E-state index in [0.717, 1.165) is 45.3 Å². The van der Waals surface area contributed by atoms with Crippen LogP contribution in [0, 0.1) is 17.8 Å². The van der Waals surface area contributed by atoms with Crippen molar-refractivity contribution in [3.05, 3.63) is 35.4 Å². The van der Waals surface area contributed by atoms with Crippen LogP contribution in [-0.4, -0.2) is 41.1 Å². The summed E-state index contributed by atoms with van der Waals surface area (Å²) < 4.78 is 0. The Bertz CT molecular complexity index is 668. The molecule has 0 spiro atoms. The number of halogens is 2. The molecule has 2 bridgehead atoms. The summed E-state index contributed by atoms with van der Waals surface area (Å²) in [5.41, 5.74) is 8.86. The number of nitrogens with two attached hydrogens (primary N) is 1. The summed E-state index contributed by atoms with van der Waals surface area (Å²) in [6.45, 7) is 3.37. The summed E-state index contributed by atoms with van der Waals surface area (Å²) in [6, 6.07) is 8.72. The lowest BCUT2D eigenvalue weighted by atomic mass is 9.65. The average molecular weight is 458 g/mol. The number of carbonyl (C=O) groups excluding carboxylic acids is 1. The van der Waals surface area contributed by atoms with Gasteiger partial charge in [0.15, 0.2) is 0 Å². The fraction of sp³-hybridized carbons (Fsp3) is 0.696. The summed E-state index contributed by atoms with van der Waals surface area (Å²) in [7, 11) is 0. The van der Waals surface area contributed by atoms with Gasteiger partial charge in [0.05, 0.1) is 6.10 Å². The monoisotopic (exact) mass is 457 g/mol. The molecule has 170 valence electrons. The molecule has 30 heavy (non-hydrogen) atoms. The molecule has 1 amide bonds. The van der Waals surface area contributed by atoms with Crippen LogP contribution in [0.3, 0.4) is 0 Å². The molecule has 1 heterocycles. The predicted molar refractivity (Wildman–Crippen MR) is 125 cm³/mol. The molecule has 2 aliphatic carbocycles. The van der Waals surface area contributed by atoms with Crippen molar-refractivity contribution >= 4 is 30.7 Å². The molecule has 3 fully saturated rings. The van der Waals surface area contributed by atoms with Gasteiger partial charge in [0.25, 0.3) is 0 Å². The van der Waals surface area contributed by atoms with Crippen LogP contribution in [0.4, 0.5) is 0 Å². The molecule has 4 rings (SSSR count). The van der Waals surface area contributed by atoms with Crippen molar-refractivity contribution in [3.8, 4) is 0 Å². The first kappa shape index (κ1) is 25.4. The molecule has 0 aromatic heterocycles. The third kappa shape index (κ3) is 6.10. The zero-order chi connectivity index (χ0) is 19.5. The number of rotatable bonds is 5.